The molecule has 2 aliphatic heterocycles. The van der Waals surface area contributed by atoms with Crippen LogP contribution in [0.3, 0.4) is 0 Å². The molecule has 2 aliphatic rings. The Morgan fingerprint density at radius 2 is 1.71 bits per heavy atom. The number of piperidine rings is 1. The number of rotatable bonds is 8. The van der Waals surface area contributed by atoms with Gasteiger partial charge in [0.25, 0.3) is 5.91 Å². The molecule has 28 heavy (non-hydrogen) atoms. The molecule has 0 spiro atoms. The zero-order chi connectivity index (χ0) is 20.0. The van der Waals surface area contributed by atoms with E-state index in [-0.39, 0.29) is 10.8 Å². The minimum Gasteiger partial charge on any atom is -0.352 e. The average Bonchev–Trinajstić information content (AvgIpc) is 3.25. The first-order chi connectivity index (χ1) is 13.5. The molecule has 1 aromatic carbocycles. The molecule has 156 valence electrons. The number of unbranched alkanes of at least 4 members (excludes halogenated alkanes) is 1. The maximum atomic E-state index is 12.5. The number of carbonyl (C=O) groups is 1. The van der Waals surface area contributed by atoms with Crippen LogP contribution in [0.2, 0.25) is 0 Å². The normalized spacial score (nSPS) is 21.7. The van der Waals surface area contributed by atoms with Crippen LogP contribution in [0.25, 0.3) is 0 Å². The molecule has 7 heteroatoms. The molecule has 0 radical (unpaired) electrons. The van der Waals surface area contributed by atoms with Gasteiger partial charge in [0.1, 0.15) is 0 Å². The lowest BCUT2D eigenvalue weighted by Gasteiger charge is -2.33. The highest BCUT2D eigenvalue weighted by Crippen LogP contribution is 2.21. The fourth-order valence-electron chi connectivity index (χ4n) is 4.09. The first-order valence-corrected chi connectivity index (χ1v) is 12.0. The second-order valence-corrected chi connectivity index (χ2v) is 9.92. The number of nitrogens with zero attached hydrogens (tertiary/aromatic N) is 2. The fourth-order valence-corrected chi connectivity index (χ4v) is 5.61. The molecule has 2 heterocycles. The molecule has 0 saturated carbocycles. The fraction of sp³-hybridized carbons (Fsp3) is 0.667. The van der Waals surface area contributed by atoms with Gasteiger partial charge in [-0.05, 0) is 82.8 Å². The number of sulfonamides is 1. The smallest absolute Gasteiger partial charge is 0.251 e. The topological polar surface area (TPSA) is 69.7 Å². The van der Waals surface area contributed by atoms with Crippen LogP contribution in [0.15, 0.2) is 29.2 Å². The van der Waals surface area contributed by atoms with E-state index in [1.165, 1.54) is 30.1 Å². The summed E-state index contributed by atoms with van der Waals surface area (Å²) in [5, 5.41) is 2.94. The molecule has 2 saturated heterocycles. The highest BCUT2D eigenvalue weighted by atomic mass is 32.2. The van der Waals surface area contributed by atoms with E-state index in [0.717, 1.165) is 32.2 Å². The quantitative estimate of drug-likeness (QED) is 0.673. The molecule has 6 nitrogen and oxygen atoms in total. The SMILES string of the molecule is CC1CCCCN1CCCCNC(=O)c1ccc(S(=O)(=O)N2CCCC2)cc1. The third-order valence-electron chi connectivity index (χ3n) is 5.92. The van der Waals surface area contributed by atoms with Gasteiger partial charge in [-0.3, -0.25) is 4.79 Å². The van der Waals surface area contributed by atoms with E-state index in [2.05, 4.69) is 17.1 Å². The lowest BCUT2D eigenvalue weighted by atomic mass is 10.0. The van der Waals surface area contributed by atoms with Crippen molar-refractivity contribution in [3.8, 4) is 0 Å². The summed E-state index contributed by atoms with van der Waals surface area (Å²) in [6.45, 7) is 6.41. The Kier molecular flexibility index (Phi) is 7.48. The molecule has 1 unspecified atom stereocenters. The predicted molar refractivity (Wildman–Crippen MR) is 111 cm³/mol. The molecule has 1 amide bonds. The maximum absolute atomic E-state index is 12.5. The van der Waals surface area contributed by atoms with Crippen molar-refractivity contribution in [2.45, 2.75) is 62.8 Å². The summed E-state index contributed by atoms with van der Waals surface area (Å²) < 4.78 is 26.6. The molecule has 1 N–H and O–H groups in total. The van der Waals surface area contributed by atoms with Gasteiger partial charge in [-0.1, -0.05) is 6.42 Å². The third-order valence-corrected chi connectivity index (χ3v) is 7.83. The number of likely N-dealkylation sites (tertiary alicyclic amines) is 1. The summed E-state index contributed by atoms with van der Waals surface area (Å²) in [5.41, 5.74) is 0.505. The van der Waals surface area contributed by atoms with E-state index in [1.54, 1.807) is 24.3 Å². The van der Waals surface area contributed by atoms with Gasteiger partial charge >= 0.3 is 0 Å². The standard InChI is InChI=1S/C21H33N3O3S/c1-18-8-2-4-14-23(18)15-5-3-13-22-21(25)19-9-11-20(12-10-19)28(26,27)24-16-6-7-17-24/h9-12,18H,2-8,13-17H2,1H3,(H,22,25). The Hall–Kier alpha value is -1.44. The molecule has 0 bridgehead atoms. The second-order valence-electron chi connectivity index (χ2n) is 7.98. The van der Waals surface area contributed by atoms with Crippen LogP contribution in [-0.4, -0.2) is 62.3 Å². The Bertz CT molecular complexity index is 743. The summed E-state index contributed by atoms with van der Waals surface area (Å²) in [5.74, 6) is -0.142. The summed E-state index contributed by atoms with van der Waals surface area (Å²) in [7, 11) is -3.42. The Labute approximate surface area is 169 Å². The van der Waals surface area contributed by atoms with Crippen molar-refractivity contribution in [1.29, 1.82) is 0 Å². The van der Waals surface area contributed by atoms with Gasteiger partial charge in [0.2, 0.25) is 10.0 Å². The van der Waals surface area contributed by atoms with Crippen molar-refractivity contribution in [1.82, 2.24) is 14.5 Å². The van der Waals surface area contributed by atoms with Crippen LogP contribution in [0, 0.1) is 0 Å². The van der Waals surface area contributed by atoms with E-state index < -0.39 is 10.0 Å². The first-order valence-electron chi connectivity index (χ1n) is 10.6. The maximum Gasteiger partial charge on any atom is 0.251 e. The van der Waals surface area contributed by atoms with E-state index >= 15 is 0 Å². The van der Waals surface area contributed by atoms with Gasteiger partial charge in [-0.2, -0.15) is 4.31 Å². The van der Waals surface area contributed by atoms with E-state index in [1.807, 2.05) is 0 Å². The number of hydrogen-bond donors (Lipinski definition) is 1. The number of amides is 1. The van der Waals surface area contributed by atoms with Crippen LogP contribution in [-0.2, 0) is 10.0 Å². The van der Waals surface area contributed by atoms with Crippen LogP contribution in [0.1, 0.15) is 62.2 Å². The van der Waals surface area contributed by atoms with Gasteiger partial charge in [-0.15, -0.1) is 0 Å². The van der Waals surface area contributed by atoms with Crippen molar-refractivity contribution in [3.63, 3.8) is 0 Å². The number of carbonyl (C=O) groups excluding carboxylic acids is 1. The van der Waals surface area contributed by atoms with Crippen molar-refractivity contribution in [3.05, 3.63) is 29.8 Å². The molecule has 0 aromatic heterocycles. The Morgan fingerprint density at radius 1 is 1.04 bits per heavy atom. The molecule has 3 rings (SSSR count). The average molecular weight is 408 g/mol. The Balaban J connectivity index is 1.42. The molecule has 1 aromatic rings. The monoisotopic (exact) mass is 407 g/mol. The van der Waals surface area contributed by atoms with Gasteiger partial charge in [-0.25, -0.2) is 8.42 Å². The van der Waals surface area contributed by atoms with Gasteiger partial charge in [0.15, 0.2) is 0 Å². The highest BCUT2D eigenvalue weighted by molar-refractivity contribution is 7.89. The van der Waals surface area contributed by atoms with Crippen LogP contribution < -0.4 is 5.32 Å². The van der Waals surface area contributed by atoms with Gasteiger partial charge in [0, 0.05) is 31.2 Å². The van der Waals surface area contributed by atoms with Crippen molar-refractivity contribution < 1.29 is 13.2 Å². The Morgan fingerprint density at radius 3 is 2.39 bits per heavy atom. The van der Waals surface area contributed by atoms with E-state index in [9.17, 15) is 13.2 Å². The molecular formula is C21H33N3O3S. The van der Waals surface area contributed by atoms with E-state index in [4.69, 9.17) is 0 Å². The minimum absolute atomic E-state index is 0.142. The van der Waals surface area contributed by atoms with Crippen molar-refractivity contribution in [2.75, 3.05) is 32.7 Å². The highest BCUT2D eigenvalue weighted by Gasteiger charge is 2.27. The lowest BCUT2D eigenvalue weighted by molar-refractivity contribution is 0.0951. The summed E-state index contributed by atoms with van der Waals surface area (Å²) >= 11 is 0. The van der Waals surface area contributed by atoms with Crippen LogP contribution >= 0.6 is 0 Å². The van der Waals surface area contributed by atoms with Crippen LogP contribution in [0.4, 0.5) is 0 Å². The molecular weight excluding hydrogens is 374 g/mol. The lowest BCUT2D eigenvalue weighted by Crippen LogP contribution is -2.38. The zero-order valence-corrected chi connectivity index (χ0v) is 17.7. The summed E-state index contributed by atoms with van der Waals surface area (Å²) in [6, 6.07) is 6.97. The van der Waals surface area contributed by atoms with Gasteiger partial charge < -0.3 is 10.2 Å². The second kappa shape index (κ2) is 9.85. The minimum atomic E-state index is -3.42. The number of hydrogen-bond acceptors (Lipinski definition) is 4. The summed E-state index contributed by atoms with van der Waals surface area (Å²) in [6.07, 6.45) is 7.79. The molecule has 2 fully saturated rings. The van der Waals surface area contributed by atoms with Crippen molar-refractivity contribution >= 4 is 15.9 Å². The van der Waals surface area contributed by atoms with Gasteiger partial charge in [0.05, 0.1) is 4.90 Å². The predicted octanol–water partition coefficient (Wildman–Crippen LogP) is 2.86. The van der Waals surface area contributed by atoms with Crippen LogP contribution in [0.5, 0.6) is 0 Å². The summed E-state index contributed by atoms with van der Waals surface area (Å²) in [4.78, 5) is 15.1. The number of nitrogens with one attached hydrogen (secondary N) is 1. The molecule has 0 aliphatic carbocycles. The first kappa shape index (κ1) is 21.3. The number of benzene rings is 1. The molecule has 1 atom stereocenters. The third kappa shape index (κ3) is 5.33. The zero-order valence-electron chi connectivity index (χ0n) is 16.9. The van der Waals surface area contributed by atoms with E-state index in [0.29, 0.717) is 31.2 Å². The van der Waals surface area contributed by atoms with Crippen molar-refractivity contribution in [2.24, 2.45) is 0 Å². The largest absolute Gasteiger partial charge is 0.352 e.